The summed E-state index contributed by atoms with van der Waals surface area (Å²) >= 11 is 0. The van der Waals surface area contributed by atoms with Crippen LogP contribution in [0.4, 0.5) is 0 Å². The van der Waals surface area contributed by atoms with Crippen molar-refractivity contribution in [3.05, 3.63) is 47.8 Å². The number of hydrogen-bond donors (Lipinski definition) is 0. The van der Waals surface area contributed by atoms with Crippen LogP contribution in [-0.4, -0.2) is 24.5 Å². The summed E-state index contributed by atoms with van der Waals surface area (Å²) in [6.07, 6.45) is 0. The van der Waals surface area contributed by atoms with Crippen LogP contribution in [0.1, 0.15) is 34.8 Å². The molecule has 0 spiro atoms. The third-order valence-electron chi connectivity index (χ3n) is 3.50. The largest absolute Gasteiger partial charge is 0.744 e. The molecule has 6 nitrogen and oxygen atoms in total. The zero-order chi connectivity index (χ0) is 17.4. The quantitative estimate of drug-likeness (QED) is 0.480. The second-order valence-corrected chi connectivity index (χ2v) is 6.45. The van der Waals surface area contributed by atoms with E-state index in [1.807, 2.05) is 0 Å². The van der Waals surface area contributed by atoms with E-state index in [2.05, 4.69) is 0 Å². The predicted octanol–water partition coefficient (Wildman–Crippen LogP) is 1.49. The molecule has 2 aromatic rings. The average Bonchev–Trinajstić information content (AvgIpc) is 2.45. The predicted molar refractivity (Wildman–Crippen MR) is 81.0 cm³/mol. The lowest BCUT2D eigenvalue weighted by Gasteiger charge is -2.14. The van der Waals surface area contributed by atoms with Crippen molar-refractivity contribution in [2.45, 2.75) is 18.7 Å². The van der Waals surface area contributed by atoms with E-state index < -0.39 is 15.0 Å². The summed E-state index contributed by atoms with van der Waals surface area (Å²) in [5, 5.41) is 0. The van der Waals surface area contributed by atoms with Crippen molar-refractivity contribution >= 4 is 21.7 Å². The SMILES string of the molecule is CC(=O)c1ccc(-c2ccccc2S(=O)(=O)[O-])c(C(C)=O)[n+]1C. The Morgan fingerprint density at radius 2 is 1.57 bits per heavy atom. The zero-order valence-corrected chi connectivity index (χ0v) is 13.7. The highest BCUT2D eigenvalue weighted by Gasteiger charge is 2.26. The molecule has 0 aliphatic heterocycles. The van der Waals surface area contributed by atoms with E-state index in [1.54, 1.807) is 13.1 Å². The van der Waals surface area contributed by atoms with Crippen molar-refractivity contribution in [3.8, 4) is 11.1 Å². The molecule has 23 heavy (non-hydrogen) atoms. The molecule has 1 aromatic carbocycles. The van der Waals surface area contributed by atoms with Gasteiger partial charge >= 0.3 is 0 Å². The number of pyridine rings is 1. The van der Waals surface area contributed by atoms with Gasteiger partial charge in [0, 0.05) is 25.5 Å². The molecule has 2 rings (SSSR count). The Morgan fingerprint density at radius 1 is 0.957 bits per heavy atom. The normalized spacial score (nSPS) is 11.3. The molecule has 0 atom stereocenters. The lowest BCUT2D eigenvalue weighted by atomic mass is 10.0. The van der Waals surface area contributed by atoms with E-state index in [0.717, 1.165) is 0 Å². The number of carbonyl (C=O) groups is 2. The van der Waals surface area contributed by atoms with Gasteiger partial charge in [0.2, 0.25) is 17.3 Å². The first kappa shape index (κ1) is 17.0. The first-order valence-electron chi connectivity index (χ1n) is 6.74. The van der Waals surface area contributed by atoms with Crippen LogP contribution in [0, 0.1) is 0 Å². The second kappa shape index (κ2) is 6.02. The smallest absolute Gasteiger partial charge is 0.256 e. The number of rotatable bonds is 4. The van der Waals surface area contributed by atoms with Crippen molar-refractivity contribution in [2.24, 2.45) is 7.05 Å². The van der Waals surface area contributed by atoms with E-state index in [9.17, 15) is 22.6 Å². The van der Waals surface area contributed by atoms with Crippen LogP contribution in [0.2, 0.25) is 0 Å². The Labute approximate surface area is 134 Å². The van der Waals surface area contributed by atoms with Gasteiger partial charge in [-0.15, -0.1) is 0 Å². The molecule has 120 valence electrons. The van der Waals surface area contributed by atoms with Crippen LogP contribution in [0.15, 0.2) is 41.3 Å². The Bertz CT molecular complexity index is 916. The fourth-order valence-electron chi connectivity index (χ4n) is 2.56. The van der Waals surface area contributed by atoms with Gasteiger partial charge in [-0.2, -0.15) is 4.57 Å². The van der Waals surface area contributed by atoms with Gasteiger partial charge in [-0.3, -0.25) is 9.59 Å². The van der Waals surface area contributed by atoms with Gasteiger partial charge in [0.15, 0.2) is 0 Å². The number of ketones is 2. The van der Waals surface area contributed by atoms with Gasteiger partial charge in [0.1, 0.15) is 17.2 Å². The van der Waals surface area contributed by atoms with E-state index in [4.69, 9.17) is 0 Å². The monoisotopic (exact) mass is 333 g/mol. The lowest BCUT2D eigenvalue weighted by molar-refractivity contribution is -0.674. The number of benzene rings is 1. The van der Waals surface area contributed by atoms with E-state index in [1.165, 1.54) is 48.7 Å². The molecule has 1 aromatic heterocycles. The average molecular weight is 333 g/mol. The summed E-state index contributed by atoms with van der Waals surface area (Å²) in [4.78, 5) is 23.3. The molecule has 0 N–H and O–H groups in total. The van der Waals surface area contributed by atoms with Crippen molar-refractivity contribution < 1.29 is 27.1 Å². The number of nitrogens with zero attached hydrogens (tertiary/aromatic N) is 1. The third-order valence-corrected chi connectivity index (χ3v) is 4.40. The molecule has 0 bridgehead atoms. The van der Waals surface area contributed by atoms with Crippen LogP contribution in [0.25, 0.3) is 11.1 Å². The van der Waals surface area contributed by atoms with Crippen LogP contribution in [-0.2, 0) is 17.2 Å². The van der Waals surface area contributed by atoms with Crippen LogP contribution >= 0.6 is 0 Å². The summed E-state index contributed by atoms with van der Waals surface area (Å²) in [6.45, 7) is 2.69. The molecule has 0 saturated heterocycles. The molecule has 0 radical (unpaired) electrons. The highest BCUT2D eigenvalue weighted by molar-refractivity contribution is 7.85. The third kappa shape index (κ3) is 3.20. The van der Waals surface area contributed by atoms with Crippen molar-refractivity contribution in [1.29, 1.82) is 0 Å². The minimum Gasteiger partial charge on any atom is -0.744 e. The summed E-state index contributed by atoms with van der Waals surface area (Å²) < 4.78 is 35.8. The Hall–Kier alpha value is -2.38. The Kier molecular flexibility index (Phi) is 4.44. The molecule has 7 heteroatoms. The molecule has 0 aliphatic rings. The second-order valence-electron chi connectivity index (χ2n) is 5.10. The van der Waals surface area contributed by atoms with Crippen LogP contribution in [0.5, 0.6) is 0 Å². The Morgan fingerprint density at radius 3 is 2.09 bits per heavy atom. The summed E-state index contributed by atoms with van der Waals surface area (Å²) in [5.74, 6) is -0.574. The highest BCUT2D eigenvalue weighted by Crippen LogP contribution is 2.29. The van der Waals surface area contributed by atoms with Gasteiger partial charge in [-0.1, -0.05) is 18.2 Å². The van der Waals surface area contributed by atoms with Gasteiger partial charge in [0.25, 0.3) is 5.69 Å². The summed E-state index contributed by atoms with van der Waals surface area (Å²) in [6, 6.07) is 8.65. The topological polar surface area (TPSA) is 95.2 Å². The standard InChI is InChI=1S/C16H15NO5S/c1-10(18)14-9-8-13(16(11(2)19)17(14)3)12-6-4-5-7-15(12)23(20,21)22/h4-9H,1-3H3. The number of carbonyl (C=O) groups excluding carboxylic acids is 2. The maximum Gasteiger partial charge on any atom is 0.256 e. The van der Waals surface area contributed by atoms with Gasteiger partial charge in [0.05, 0.1) is 10.5 Å². The molecule has 0 saturated carbocycles. The highest BCUT2D eigenvalue weighted by atomic mass is 32.2. The fourth-order valence-corrected chi connectivity index (χ4v) is 3.25. The Balaban J connectivity index is 2.89. The molecule has 1 heterocycles. The maximum absolute atomic E-state index is 12.0. The molecular weight excluding hydrogens is 318 g/mol. The number of hydrogen-bond acceptors (Lipinski definition) is 5. The van der Waals surface area contributed by atoms with Crippen LogP contribution in [0.3, 0.4) is 0 Å². The zero-order valence-electron chi connectivity index (χ0n) is 12.9. The molecule has 0 unspecified atom stereocenters. The molecule has 0 fully saturated rings. The first-order chi connectivity index (χ1) is 10.6. The summed E-state index contributed by atoms with van der Waals surface area (Å²) in [7, 11) is -3.15. The van der Waals surface area contributed by atoms with Crippen molar-refractivity contribution in [3.63, 3.8) is 0 Å². The number of Topliss-reactive ketones (excluding diaryl/α,β-unsaturated/α-hetero) is 2. The molecule has 0 amide bonds. The molecule has 0 aliphatic carbocycles. The van der Waals surface area contributed by atoms with Gasteiger partial charge < -0.3 is 4.55 Å². The van der Waals surface area contributed by atoms with Crippen LogP contribution < -0.4 is 4.57 Å². The van der Waals surface area contributed by atoms with Gasteiger partial charge in [-0.05, 0) is 12.1 Å². The van der Waals surface area contributed by atoms with Crippen molar-refractivity contribution in [1.82, 2.24) is 0 Å². The van der Waals surface area contributed by atoms with E-state index >= 15 is 0 Å². The minimum absolute atomic E-state index is 0.137. The molecular formula is C16H15NO5S. The fraction of sp³-hybridized carbons (Fsp3) is 0.188. The lowest BCUT2D eigenvalue weighted by Crippen LogP contribution is -2.42. The van der Waals surface area contributed by atoms with E-state index in [-0.39, 0.29) is 22.8 Å². The van der Waals surface area contributed by atoms with Crippen molar-refractivity contribution in [2.75, 3.05) is 0 Å². The number of aromatic nitrogens is 1. The van der Waals surface area contributed by atoms with E-state index in [0.29, 0.717) is 11.3 Å². The first-order valence-corrected chi connectivity index (χ1v) is 8.15. The van der Waals surface area contributed by atoms with Gasteiger partial charge in [-0.25, -0.2) is 8.42 Å². The minimum atomic E-state index is -4.70. The summed E-state index contributed by atoms with van der Waals surface area (Å²) in [5.41, 5.74) is 0.897. The maximum atomic E-state index is 12.0.